The summed E-state index contributed by atoms with van der Waals surface area (Å²) in [5, 5.41) is 24.7. The van der Waals surface area contributed by atoms with E-state index in [4.69, 9.17) is 0 Å². The number of anilines is 2. The van der Waals surface area contributed by atoms with Gasteiger partial charge in [-0.2, -0.15) is 13.2 Å². The molecule has 6 rings (SSSR count). The van der Waals surface area contributed by atoms with Crippen molar-refractivity contribution in [2.45, 2.75) is 57.6 Å². The topological polar surface area (TPSA) is 108 Å². The first kappa shape index (κ1) is 28.8. The van der Waals surface area contributed by atoms with Crippen LogP contribution >= 0.6 is 0 Å². The van der Waals surface area contributed by atoms with Crippen LogP contribution in [0.5, 0.6) is 0 Å². The first-order valence-corrected chi connectivity index (χ1v) is 14.3. The van der Waals surface area contributed by atoms with Crippen LogP contribution in [0.4, 0.5) is 24.8 Å². The number of aryl methyl sites for hydroxylation is 1. The molecular weight excluding hydrogens is 559 g/mol. The summed E-state index contributed by atoms with van der Waals surface area (Å²) in [6, 6.07) is 13.6. The molecule has 4 aromatic rings. The Morgan fingerprint density at radius 2 is 1.86 bits per heavy atom. The second-order valence-corrected chi connectivity index (χ2v) is 11.0. The minimum absolute atomic E-state index is 0.00952. The highest BCUT2D eigenvalue weighted by molar-refractivity contribution is 6.10. The number of halogens is 3. The molecule has 2 aliphatic rings. The van der Waals surface area contributed by atoms with Crippen molar-refractivity contribution in [2.75, 3.05) is 16.8 Å². The predicted molar refractivity (Wildman–Crippen MR) is 156 cm³/mol. The van der Waals surface area contributed by atoms with E-state index < -0.39 is 23.8 Å². The maximum Gasteiger partial charge on any atom is 0.416 e. The number of hydrogen-bond acceptors (Lipinski definition) is 7. The van der Waals surface area contributed by atoms with E-state index in [1.165, 1.54) is 11.0 Å². The zero-order valence-corrected chi connectivity index (χ0v) is 23.8. The van der Waals surface area contributed by atoms with Crippen LogP contribution in [0, 0.1) is 0 Å². The molecule has 3 N–H and O–H groups in total. The fourth-order valence-electron chi connectivity index (χ4n) is 5.97. The monoisotopic (exact) mass is 591 g/mol. The summed E-state index contributed by atoms with van der Waals surface area (Å²) in [5.74, 6) is 0.827. The minimum atomic E-state index is -4.65. The van der Waals surface area contributed by atoms with Crippen molar-refractivity contribution in [2.24, 2.45) is 7.05 Å². The molecule has 0 saturated heterocycles. The Hall–Kier alpha value is -4.29. The number of alkyl halides is 3. The average Bonchev–Trinajstić information content (AvgIpc) is 3.69. The third-order valence-corrected chi connectivity index (χ3v) is 8.09. The molecule has 2 aromatic carbocycles. The van der Waals surface area contributed by atoms with Crippen LogP contribution in [-0.4, -0.2) is 49.5 Å². The molecule has 1 fully saturated rings. The molecule has 1 saturated carbocycles. The molecule has 0 unspecified atom stereocenters. The number of carbonyl (C=O) groups is 1. The molecule has 224 valence electrons. The standard InChI is InChI=1S/C31H32F3N7O2/c1-3-35-27-13-19(20-7-4-5-8-21(20)29-39-37-17-40(29)2)14-28(38-27)41-16-23-22(30(41)43)11-18(12-24(23)31(32,33)34)15-36-25-9-6-10-26(25)42/h4-5,7-8,11-14,17,25-26,36,42H,3,6,9-10,15-16H2,1-2H3,(H,35,38)/t25-,26+/m0/s1. The van der Waals surface area contributed by atoms with Crippen molar-refractivity contribution in [3.05, 3.63) is 77.1 Å². The summed E-state index contributed by atoms with van der Waals surface area (Å²) in [5.41, 5.74) is 1.79. The minimum Gasteiger partial charge on any atom is -0.392 e. The number of hydrogen-bond donors (Lipinski definition) is 3. The number of amides is 1. The highest BCUT2D eigenvalue weighted by atomic mass is 19.4. The van der Waals surface area contributed by atoms with Crippen molar-refractivity contribution in [3.63, 3.8) is 0 Å². The fraction of sp³-hybridized carbons (Fsp3) is 0.355. The van der Waals surface area contributed by atoms with E-state index in [2.05, 4.69) is 25.8 Å². The van der Waals surface area contributed by atoms with E-state index in [0.717, 1.165) is 35.6 Å². The van der Waals surface area contributed by atoms with Crippen LogP contribution in [0.25, 0.3) is 22.5 Å². The number of benzene rings is 2. The first-order valence-electron chi connectivity index (χ1n) is 14.3. The number of fused-ring (bicyclic) bond motifs is 1. The molecule has 43 heavy (non-hydrogen) atoms. The predicted octanol–water partition coefficient (Wildman–Crippen LogP) is 5.16. The van der Waals surface area contributed by atoms with Crippen LogP contribution in [0.3, 0.4) is 0 Å². The Labute approximate surface area is 246 Å². The highest BCUT2D eigenvalue weighted by Gasteiger charge is 2.41. The van der Waals surface area contributed by atoms with Crippen molar-refractivity contribution < 1.29 is 23.1 Å². The molecule has 2 aromatic heterocycles. The van der Waals surface area contributed by atoms with Gasteiger partial charge in [-0.1, -0.05) is 24.3 Å². The lowest BCUT2D eigenvalue weighted by Gasteiger charge is -2.19. The molecule has 12 heteroatoms. The number of aromatic nitrogens is 4. The molecule has 0 spiro atoms. The lowest BCUT2D eigenvalue weighted by atomic mass is 9.98. The number of carbonyl (C=O) groups excluding carboxylic acids is 1. The largest absolute Gasteiger partial charge is 0.416 e. The smallest absolute Gasteiger partial charge is 0.392 e. The molecule has 3 heterocycles. The third-order valence-electron chi connectivity index (χ3n) is 8.09. The Morgan fingerprint density at radius 1 is 1.07 bits per heavy atom. The van der Waals surface area contributed by atoms with E-state index in [9.17, 15) is 23.1 Å². The summed E-state index contributed by atoms with van der Waals surface area (Å²) < 4.78 is 44.7. The zero-order valence-electron chi connectivity index (χ0n) is 23.8. The molecular formula is C31H32F3N7O2. The summed E-state index contributed by atoms with van der Waals surface area (Å²) in [7, 11) is 1.84. The lowest BCUT2D eigenvalue weighted by molar-refractivity contribution is -0.138. The lowest BCUT2D eigenvalue weighted by Crippen LogP contribution is -2.35. The van der Waals surface area contributed by atoms with Crippen molar-refractivity contribution in [3.8, 4) is 22.5 Å². The van der Waals surface area contributed by atoms with Crippen molar-refractivity contribution in [1.82, 2.24) is 25.1 Å². The third kappa shape index (κ3) is 5.59. The van der Waals surface area contributed by atoms with Gasteiger partial charge in [-0.15, -0.1) is 10.2 Å². The Kier molecular flexibility index (Phi) is 7.65. The maximum atomic E-state index is 14.3. The normalized spacial score (nSPS) is 18.4. The second-order valence-electron chi connectivity index (χ2n) is 11.0. The van der Waals surface area contributed by atoms with Crippen LogP contribution in [0.2, 0.25) is 0 Å². The quantitative estimate of drug-likeness (QED) is 0.260. The van der Waals surface area contributed by atoms with E-state index in [1.54, 1.807) is 17.0 Å². The first-order chi connectivity index (χ1) is 20.6. The summed E-state index contributed by atoms with van der Waals surface area (Å²) in [6.07, 6.45) is -1.31. The van der Waals surface area contributed by atoms with E-state index >= 15 is 0 Å². The summed E-state index contributed by atoms with van der Waals surface area (Å²) in [4.78, 5) is 19.7. The van der Waals surface area contributed by atoms with Gasteiger partial charge < -0.3 is 20.3 Å². The van der Waals surface area contributed by atoms with E-state index in [1.807, 2.05) is 44.3 Å². The van der Waals surface area contributed by atoms with Gasteiger partial charge in [0, 0.05) is 37.3 Å². The molecule has 2 atom stereocenters. The van der Waals surface area contributed by atoms with Gasteiger partial charge in [0.15, 0.2) is 5.82 Å². The Balaban J connectivity index is 1.39. The molecule has 1 aliphatic carbocycles. The zero-order chi connectivity index (χ0) is 30.3. The van der Waals surface area contributed by atoms with Crippen LogP contribution in [0.1, 0.15) is 53.2 Å². The molecule has 1 amide bonds. The van der Waals surface area contributed by atoms with Crippen LogP contribution < -0.4 is 15.5 Å². The van der Waals surface area contributed by atoms with Gasteiger partial charge >= 0.3 is 6.18 Å². The number of aliphatic hydroxyl groups excluding tert-OH is 1. The van der Waals surface area contributed by atoms with Crippen molar-refractivity contribution >= 4 is 17.5 Å². The molecule has 0 radical (unpaired) electrons. The van der Waals surface area contributed by atoms with E-state index in [0.29, 0.717) is 30.2 Å². The van der Waals surface area contributed by atoms with Gasteiger partial charge in [0.2, 0.25) is 0 Å². The fourth-order valence-corrected chi connectivity index (χ4v) is 5.97. The SMILES string of the molecule is CCNc1cc(-c2ccccc2-c2nncn2C)cc(N2Cc3c(cc(CN[C@H]4CCC[C@H]4O)cc3C(F)(F)F)C2=O)n1. The van der Waals surface area contributed by atoms with Gasteiger partial charge in [0.1, 0.15) is 18.0 Å². The average molecular weight is 592 g/mol. The van der Waals surface area contributed by atoms with Gasteiger partial charge in [0.25, 0.3) is 5.91 Å². The number of rotatable bonds is 8. The highest BCUT2D eigenvalue weighted by Crippen LogP contribution is 2.41. The second kappa shape index (κ2) is 11.4. The Bertz CT molecular complexity index is 1670. The van der Waals surface area contributed by atoms with Gasteiger partial charge in [0.05, 0.1) is 18.2 Å². The summed E-state index contributed by atoms with van der Waals surface area (Å²) in [6.45, 7) is 2.32. The Morgan fingerprint density at radius 3 is 2.53 bits per heavy atom. The van der Waals surface area contributed by atoms with E-state index in [-0.39, 0.29) is 36.1 Å². The number of aliphatic hydroxyl groups is 1. The number of pyridine rings is 1. The van der Waals surface area contributed by atoms with Crippen LogP contribution in [0.15, 0.2) is 54.9 Å². The number of nitrogens with one attached hydrogen (secondary N) is 2. The van der Waals surface area contributed by atoms with Crippen LogP contribution in [-0.2, 0) is 26.3 Å². The molecule has 1 aliphatic heterocycles. The van der Waals surface area contributed by atoms with Gasteiger partial charge in [-0.25, -0.2) is 4.98 Å². The van der Waals surface area contributed by atoms with Crippen molar-refractivity contribution in [1.29, 1.82) is 0 Å². The number of nitrogens with zero attached hydrogens (tertiary/aromatic N) is 5. The maximum absolute atomic E-state index is 14.3. The molecule has 0 bridgehead atoms. The van der Waals surface area contributed by atoms with Gasteiger partial charge in [-0.3, -0.25) is 9.69 Å². The molecule has 9 nitrogen and oxygen atoms in total. The summed E-state index contributed by atoms with van der Waals surface area (Å²) >= 11 is 0. The van der Waals surface area contributed by atoms with Gasteiger partial charge in [-0.05, 0) is 72.7 Å².